The maximum absolute atomic E-state index is 13.5. The van der Waals surface area contributed by atoms with E-state index in [4.69, 9.17) is 9.97 Å². The molecule has 0 spiro atoms. The highest BCUT2D eigenvalue weighted by Crippen LogP contribution is 2.27. The third kappa shape index (κ3) is 4.89. The highest BCUT2D eigenvalue weighted by Gasteiger charge is 2.20. The molecule has 3 aromatic heterocycles. The Morgan fingerprint density at radius 3 is 2.73 bits per heavy atom. The summed E-state index contributed by atoms with van der Waals surface area (Å²) in [6, 6.07) is 10.2. The monoisotopic (exact) mass is 498 g/mol. The fourth-order valence-electron chi connectivity index (χ4n) is 5.54. The zero-order chi connectivity index (χ0) is 25.4. The van der Waals surface area contributed by atoms with E-state index in [9.17, 15) is 4.79 Å². The lowest BCUT2D eigenvalue weighted by Crippen LogP contribution is -2.42. The third-order valence-corrected chi connectivity index (χ3v) is 7.50. The first-order valence-electron chi connectivity index (χ1n) is 13.3. The van der Waals surface area contributed by atoms with Gasteiger partial charge in [0.2, 0.25) is 5.95 Å². The number of piperazine rings is 1. The lowest BCUT2D eigenvalue weighted by atomic mass is 10.0. The van der Waals surface area contributed by atoms with E-state index in [1.807, 2.05) is 37.0 Å². The molecule has 192 valence electrons. The van der Waals surface area contributed by atoms with Crippen molar-refractivity contribution in [3.63, 3.8) is 0 Å². The average molecular weight is 499 g/mol. The summed E-state index contributed by atoms with van der Waals surface area (Å²) in [5.41, 5.74) is 7.60. The van der Waals surface area contributed by atoms with E-state index in [0.717, 1.165) is 98.6 Å². The van der Waals surface area contributed by atoms with E-state index < -0.39 is 0 Å². The molecule has 0 atom stereocenters. The number of amides is 1. The first-order chi connectivity index (χ1) is 18.0. The molecule has 0 saturated carbocycles. The number of nitrogens with zero attached hydrogens (tertiary/aromatic N) is 6. The number of hydrogen-bond donors (Lipinski definition) is 2. The summed E-state index contributed by atoms with van der Waals surface area (Å²) in [6.45, 7) is 7.85. The van der Waals surface area contributed by atoms with Crippen molar-refractivity contribution < 1.29 is 4.79 Å². The van der Waals surface area contributed by atoms with E-state index in [2.05, 4.69) is 43.4 Å². The van der Waals surface area contributed by atoms with Gasteiger partial charge >= 0.3 is 0 Å². The summed E-state index contributed by atoms with van der Waals surface area (Å²) >= 11 is 0. The van der Waals surface area contributed by atoms with Crippen molar-refractivity contribution in [1.29, 1.82) is 0 Å². The van der Waals surface area contributed by atoms with Gasteiger partial charge in [0, 0.05) is 68.8 Å². The summed E-state index contributed by atoms with van der Waals surface area (Å²) in [5, 5.41) is 11.0. The van der Waals surface area contributed by atoms with Crippen LogP contribution in [0.1, 0.15) is 46.6 Å². The van der Waals surface area contributed by atoms with Gasteiger partial charge in [-0.2, -0.15) is 5.10 Å². The number of nitrogens with one attached hydrogen (secondary N) is 2. The Labute approximate surface area is 216 Å². The molecular formula is C28H34N8O. The zero-order valence-corrected chi connectivity index (χ0v) is 21.6. The first-order valence-corrected chi connectivity index (χ1v) is 13.3. The van der Waals surface area contributed by atoms with Crippen LogP contribution >= 0.6 is 0 Å². The topological polar surface area (TPSA) is 92.9 Å². The molecule has 1 saturated heterocycles. The predicted molar refractivity (Wildman–Crippen MR) is 145 cm³/mol. The van der Waals surface area contributed by atoms with Crippen LogP contribution in [0.25, 0.3) is 22.3 Å². The van der Waals surface area contributed by atoms with Crippen LogP contribution in [0.15, 0.2) is 36.5 Å². The SMILES string of the molecule is Cc1cc2cc(n1)-c1cnn(C)c1CCCCCn1c(nc3ccc(CN4CCNCC4)cc31)NC2=O. The summed E-state index contributed by atoms with van der Waals surface area (Å²) in [4.78, 5) is 25.5. The van der Waals surface area contributed by atoms with Crippen LogP contribution in [-0.2, 0) is 26.6 Å². The quantitative estimate of drug-likeness (QED) is 0.439. The van der Waals surface area contributed by atoms with E-state index in [-0.39, 0.29) is 5.91 Å². The van der Waals surface area contributed by atoms with Gasteiger partial charge in [0.05, 0.1) is 22.9 Å². The van der Waals surface area contributed by atoms with E-state index in [1.54, 1.807) is 0 Å². The first kappa shape index (κ1) is 23.8. The Bertz CT molecular complexity index is 1450. The van der Waals surface area contributed by atoms with Crippen LogP contribution in [0.3, 0.4) is 0 Å². The van der Waals surface area contributed by atoms with Crippen molar-refractivity contribution in [3.8, 4) is 11.3 Å². The number of anilines is 1. The Morgan fingerprint density at radius 2 is 1.86 bits per heavy atom. The molecule has 1 fully saturated rings. The van der Waals surface area contributed by atoms with Crippen LogP contribution in [-0.4, -0.2) is 61.3 Å². The molecule has 2 bridgehead atoms. The van der Waals surface area contributed by atoms with E-state index in [0.29, 0.717) is 11.5 Å². The van der Waals surface area contributed by atoms with Crippen LogP contribution in [0.4, 0.5) is 5.95 Å². The van der Waals surface area contributed by atoms with Crippen LogP contribution < -0.4 is 10.6 Å². The number of pyridine rings is 1. The van der Waals surface area contributed by atoms with Gasteiger partial charge in [0.25, 0.3) is 5.91 Å². The number of aromatic nitrogens is 5. The molecule has 6 rings (SSSR count). The average Bonchev–Trinajstić information content (AvgIpc) is 3.43. The van der Waals surface area contributed by atoms with Gasteiger partial charge in [-0.25, -0.2) is 4.98 Å². The number of fused-ring (bicyclic) bond motifs is 7. The second-order valence-electron chi connectivity index (χ2n) is 10.2. The Morgan fingerprint density at radius 1 is 1.00 bits per heavy atom. The maximum atomic E-state index is 13.5. The highest BCUT2D eigenvalue weighted by molar-refractivity contribution is 6.04. The molecule has 2 aliphatic rings. The second-order valence-corrected chi connectivity index (χ2v) is 10.2. The van der Waals surface area contributed by atoms with Crippen LogP contribution in [0.2, 0.25) is 0 Å². The van der Waals surface area contributed by atoms with Crippen molar-refractivity contribution in [2.24, 2.45) is 7.05 Å². The van der Waals surface area contributed by atoms with Gasteiger partial charge in [0.15, 0.2) is 0 Å². The summed E-state index contributed by atoms with van der Waals surface area (Å²) < 4.78 is 4.12. The predicted octanol–water partition coefficient (Wildman–Crippen LogP) is 3.52. The normalized spacial score (nSPS) is 17.2. The van der Waals surface area contributed by atoms with Gasteiger partial charge in [-0.05, 0) is 56.0 Å². The second kappa shape index (κ2) is 10.1. The smallest absolute Gasteiger partial charge is 0.258 e. The van der Waals surface area contributed by atoms with Gasteiger partial charge in [-0.1, -0.05) is 12.5 Å². The number of aryl methyl sites for hydroxylation is 3. The molecule has 2 N–H and O–H groups in total. The van der Waals surface area contributed by atoms with Crippen LogP contribution in [0, 0.1) is 6.92 Å². The largest absolute Gasteiger partial charge is 0.314 e. The molecule has 9 nitrogen and oxygen atoms in total. The fourth-order valence-corrected chi connectivity index (χ4v) is 5.54. The van der Waals surface area contributed by atoms with Crippen molar-refractivity contribution in [3.05, 3.63) is 59.0 Å². The summed E-state index contributed by atoms with van der Waals surface area (Å²) in [5.74, 6) is 0.432. The Balaban J connectivity index is 1.36. The minimum absolute atomic E-state index is 0.174. The number of imidazole rings is 1. The number of rotatable bonds is 2. The van der Waals surface area contributed by atoms with Crippen molar-refractivity contribution >= 4 is 22.9 Å². The highest BCUT2D eigenvalue weighted by atomic mass is 16.1. The lowest BCUT2D eigenvalue weighted by Gasteiger charge is -2.27. The molecule has 1 aromatic carbocycles. The Hall–Kier alpha value is -3.56. The van der Waals surface area contributed by atoms with Gasteiger partial charge in [0.1, 0.15) is 0 Å². The van der Waals surface area contributed by atoms with Gasteiger partial charge in [-0.3, -0.25) is 24.7 Å². The number of carbonyl (C=O) groups excluding carboxylic acids is 1. The summed E-state index contributed by atoms with van der Waals surface area (Å²) in [6.07, 6.45) is 5.93. The van der Waals surface area contributed by atoms with Crippen LogP contribution in [0.5, 0.6) is 0 Å². The standard InChI is InChI=1S/C28H34N8O/c1-19-14-21-16-24(31-19)22-17-30-34(2)25(22)6-4-3-5-11-36-26-15-20(18-35-12-9-29-10-13-35)7-8-23(26)32-28(36)33-27(21)37/h7-8,14-17,29H,3-6,9-13,18H2,1-2H3,(H,32,33,37). The molecule has 4 aromatic rings. The van der Waals surface area contributed by atoms with Crippen molar-refractivity contribution in [1.82, 2.24) is 34.5 Å². The fraction of sp³-hybridized carbons (Fsp3) is 0.429. The number of benzene rings is 1. The van der Waals surface area contributed by atoms with Crippen molar-refractivity contribution in [2.75, 3.05) is 31.5 Å². The lowest BCUT2D eigenvalue weighted by molar-refractivity contribution is 0.102. The molecule has 2 aliphatic heterocycles. The van der Waals surface area contributed by atoms with Gasteiger partial charge in [-0.15, -0.1) is 0 Å². The minimum Gasteiger partial charge on any atom is -0.314 e. The van der Waals surface area contributed by atoms with Gasteiger partial charge < -0.3 is 9.88 Å². The van der Waals surface area contributed by atoms with E-state index in [1.165, 1.54) is 5.56 Å². The minimum atomic E-state index is -0.174. The molecule has 0 aliphatic carbocycles. The molecule has 5 heterocycles. The number of hydrogen-bond acceptors (Lipinski definition) is 6. The number of carbonyl (C=O) groups is 1. The Kier molecular flexibility index (Phi) is 6.48. The molecule has 9 heteroatoms. The third-order valence-electron chi connectivity index (χ3n) is 7.50. The molecule has 0 radical (unpaired) electrons. The molecule has 37 heavy (non-hydrogen) atoms. The maximum Gasteiger partial charge on any atom is 0.258 e. The van der Waals surface area contributed by atoms with E-state index >= 15 is 0 Å². The molecule has 1 amide bonds. The van der Waals surface area contributed by atoms with Crippen molar-refractivity contribution in [2.45, 2.75) is 45.7 Å². The molecule has 0 unspecified atom stereocenters. The summed E-state index contributed by atoms with van der Waals surface area (Å²) in [7, 11) is 1.98. The zero-order valence-electron chi connectivity index (χ0n) is 21.6. The molecular weight excluding hydrogens is 464 g/mol.